The third kappa shape index (κ3) is 8.71. The van der Waals surface area contributed by atoms with Gasteiger partial charge in [-0.3, -0.25) is 24.4 Å². The maximum absolute atomic E-state index is 13.5. The first-order valence-electron chi connectivity index (χ1n) is 18.7. The van der Waals surface area contributed by atoms with Crippen molar-refractivity contribution < 1.29 is 33.3 Å². The summed E-state index contributed by atoms with van der Waals surface area (Å²) in [5.74, 6) is 1.26. The molecule has 2 atom stereocenters. The molecule has 57 heavy (non-hydrogen) atoms. The topological polar surface area (TPSA) is 131 Å². The molecule has 14 heteroatoms. The Balaban J connectivity index is 1.14. The Morgan fingerprint density at radius 1 is 0.825 bits per heavy atom. The van der Waals surface area contributed by atoms with Crippen LogP contribution in [-0.2, 0) is 18.0 Å². The second-order valence-corrected chi connectivity index (χ2v) is 18.2. The van der Waals surface area contributed by atoms with Gasteiger partial charge < -0.3 is 34.1 Å². The molecule has 0 radical (unpaired) electrons. The highest BCUT2D eigenvalue weighted by molar-refractivity contribution is 8.76. The number of nitrogens with one attached hydrogen (secondary N) is 1. The van der Waals surface area contributed by atoms with E-state index in [0.29, 0.717) is 95.5 Å². The predicted octanol–water partition coefficient (Wildman–Crippen LogP) is 8.34. The van der Waals surface area contributed by atoms with Crippen LogP contribution in [0.1, 0.15) is 71.4 Å². The number of anilines is 1. The van der Waals surface area contributed by atoms with Crippen LogP contribution in [0.25, 0.3) is 0 Å². The zero-order valence-electron chi connectivity index (χ0n) is 32.9. The quantitative estimate of drug-likeness (QED) is 0.126. The van der Waals surface area contributed by atoms with Gasteiger partial charge in [-0.05, 0) is 69.2 Å². The highest BCUT2D eigenvalue weighted by Gasteiger charge is 2.36. The van der Waals surface area contributed by atoms with Gasteiger partial charge in [-0.2, -0.15) is 0 Å². The number of carbonyl (C=O) groups excluding carboxylic acids is 3. The van der Waals surface area contributed by atoms with E-state index in [1.54, 1.807) is 68.1 Å². The summed E-state index contributed by atoms with van der Waals surface area (Å²) in [4.78, 5) is 53.2. The lowest BCUT2D eigenvalue weighted by atomic mass is 10.1. The normalized spacial score (nSPS) is 18.4. The fourth-order valence-electron chi connectivity index (χ4n) is 7.40. The van der Waals surface area contributed by atoms with Crippen molar-refractivity contribution in [2.75, 3.05) is 38.9 Å². The van der Waals surface area contributed by atoms with Gasteiger partial charge in [0.05, 0.1) is 48.8 Å². The standard InChI is InChI=1S/C43H47N5O7S2/c1-25-12-29-19-44-34-17-38(36(52-5)15-31(34)41(50)47(29)21-25)54-23-27-8-9-33(46-40(49)10-11-43(3,4)57-56-7)28(14-27)24-55-39-18-35-32(16-37(39)53-6)42(51)48-22-26(2)13-30(48)20-45-35/h8-9,14-20,29-30H,1-2,10-13,21-24H2,3-7H3,(H,46,49). The molecule has 4 heterocycles. The molecule has 1 N–H and O–H groups in total. The van der Waals surface area contributed by atoms with Crippen LogP contribution in [0.2, 0.25) is 0 Å². The van der Waals surface area contributed by atoms with Crippen molar-refractivity contribution in [1.29, 1.82) is 0 Å². The molecule has 7 rings (SSSR count). The van der Waals surface area contributed by atoms with Crippen molar-refractivity contribution in [1.82, 2.24) is 9.80 Å². The zero-order chi connectivity index (χ0) is 40.4. The van der Waals surface area contributed by atoms with E-state index in [-0.39, 0.29) is 47.8 Å². The predicted molar refractivity (Wildman–Crippen MR) is 228 cm³/mol. The minimum Gasteiger partial charge on any atom is -0.493 e. The Morgan fingerprint density at radius 3 is 1.89 bits per heavy atom. The van der Waals surface area contributed by atoms with Crippen LogP contribution >= 0.6 is 21.6 Å². The largest absolute Gasteiger partial charge is 0.493 e. The van der Waals surface area contributed by atoms with Gasteiger partial charge in [-0.15, -0.1) is 0 Å². The van der Waals surface area contributed by atoms with E-state index in [2.05, 4.69) is 42.3 Å². The maximum atomic E-state index is 13.5. The van der Waals surface area contributed by atoms with Gasteiger partial charge in [0, 0.05) is 60.1 Å². The van der Waals surface area contributed by atoms with Crippen LogP contribution in [0.5, 0.6) is 23.0 Å². The van der Waals surface area contributed by atoms with Gasteiger partial charge in [0.1, 0.15) is 13.2 Å². The van der Waals surface area contributed by atoms with Crippen LogP contribution in [0.15, 0.2) is 76.8 Å². The molecule has 4 aliphatic heterocycles. The average molecular weight is 810 g/mol. The van der Waals surface area contributed by atoms with Crippen LogP contribution < -0.4 is 24.3 Å². The lowest BCUT2D eigenvalue weighted by Crippen LogP contribution is -2.35. The molecule has 0 spiro atoms. The molecular formula is C43H47N5O7S2. The Morgan fingerprint density at radius 2 is 1.37 bits per heavy atom. The van der Waals surface area contributed by atoms with Crippen molar-refractivity contribution >= 4 is 68.8 Å². The second-order valence-electron chi connectivity index (χ2n) is 15.1. The summed E-state index contributed by atoms with van der Waals surface area (Å²) < 4.78 is 24.0. The SMILES string of the molecule is C=C1CC2C=Nc3cc(OCc4ccc(NC(=O)CCC(C)(C)SSC)c(COc5cc6c(cc5OC)C(=O)N5CC(=C)CC5C=N6)c4)c(OC)cc3C(=O)N2C1. The third-order valence-corrected chi connectivity index (χ3v) is 13.1. The molecule has 0 aliphatic carbocycles. The second kappa shape index (κ2) is 16.7. The first-order valence-corrected chi connectivity index (χ1v) is 21.3. The number of methoxy groups -OCH3 is 2. The van der Waals surface area contributed by atoms with Gasteiger partial charge >= 0.3 is 0 Å². The van der Waals surface area contributed by atoms with Crippen LogP contribution in [-0.4, -0.2) is 90.3 Å². The fraction of sp³-hybridized carbons (Fsp3) is 0.372. The lowest BCUT2D eigenvalue weighted by Gasteiger charge is -2.22. The van der Waals surface area contributed by atoms with Gasteiger partial charge in [-0.1, -0.05) is 52.0 Å². The highest BCUT2D eigenvalue weighted by atomic mass is 33.1. The van der Waals surface area contributed by atoms with Crippen molar-refractivity contribution in [3.05, 3.63) is 89.0 Å². The van der Waals surface area contributed by atoms with Crippen molar-refractivity contribution in [2.24, 2.45) is 9.98 Å². The first-order chi connectivity index (χ1) is 27.4. The van der Waals surface area contributed by atoms with Crippen LogP contribution in [0.4, 0.5) is 17.1 Å². The summed E-state index contributed by atoms with van der Waals surface area (Å²) in [5.41, 5.74) is 5.95. The summed E-state index contributed by atoms with van der Waals surface area (Å²) >= 11 is 0. The molecule has 2 fully saturated rings. The van der Waals surface area contributed by atoms with Gasteiger partial charge in [0.15, 0.2) is 23.0 Å². The zero-order valence-corrected chi connectivity index (χ0v) is 34.5. The van der Waals surface area contributed by atoms with Gasteiger partial charge in [-0.25, -0.2) is 0 Å². The average Bonchev–Trinajstić information content (AvgIpc) is 3.70. The summed E-state index contributed by atoms with van der Waals surface area (Å²) in [6.07, 6.45) is 8.02. The lowest BCUT2D eigenvalue weighted by molar-refractivity contribution is -0.116. The number of carbonyl (C=O) groups is 3. The van der Waals surface area contributed by atoms with E-state index >= 15 is 0 Å². The number of hydrogen-bond donors (Lipinski definition) is 1. The summed E-state index contributed by atoms with van der Waals surface area (Å²) in [6, 6.07) is 12.2. The number of amides is 3. The Labute approximate surface area is 341 Å². The van der Waals surface area contributed by atoms with Gasteiger partial charge in [0.25, 0.3) is 11.8 Å². The number of benzene rings is 3. The monoisotopic (exact) mass is 809 g/mol. The van der Waals surface area contributed by atoms with Crippen LogP contribution in [0, 0.1) is 0 Å². The summed E-state index contributed by atoms with van der Waals surface area (Å²) in [7, 11) is 6.49. The third-order valence-electron chi connectivity index (χ3n) is 10.4. The maximum Gasteiger partial charge on any atom is 0.257 e. The molecule has 3 amide bonds. The van der Waals surface area contributed by atoms with E-state index < -0.39 is 0 Å². The highest BCUT2D eigenvalue weighted by Crippen LogP contribution is 2.41. The van der Waals surface area contributed by atoms with Crippen molar-refractivity contribution in [3.8, 4) is 23.0 Å². The van der Waals surface area contributed by atoms with E-state index in [0.717, 1.165) is 16.7 Å². The molecule has 3 aromatic rings. The summed E-state index contributed by atoms with van der Waals surface area (Å²) in [5, 5.41) is 3.10. The molecule has 298 valence electrons. The van der Waals surface area contributed by atoms with Crippen LogP contribution in [0.3, 0.4) is 0 Å². The first kappa shape index (κ1) is 40.0. The van der Waals surface area contributed by atoms with E-state index in [1.165, 1.54) is 14.2 Å². The smallest absolute Gasteiger partial charge is 0.257 e. The number of hydrogen-bond acceptors (Lipinski definition) is 11. The van der Waals surface area contributed by atoms with E-state index in [1.807, 2.05) is 24.5 Å². The molecule has 0 aromatic heterocycles. The minimum atomic E-state index is -0.145. The molecule has 12 nitrogen and oxygen atoms in total. The number of aliphatic imine (C=N–C) groups is 2. The number of rotatable bonds is 14. The Hall–Kier alpha value is -5.21. The van der Waals surface area contributed by atoms with Gasteiger partial charge in [0.2, 0.25) is 5.91 Å². The molecule has 3 aromatic carbocycles. The summed E-state index contributed by atoms with van der Waals surface area (Å²) in [6.45, 7) is 13.6. The molecule has 4 aliphatic rings. The number of ether oxygens (including phenoxy) is 4. The molecular weight excluding hydrogens is 763 g/mol. The minimum absolute atomic E-state index is 0.0573. The fourth-order valence-corrected chi connectivity index (χ4v) is 9.64. The number of fused-ring (bicyclic) bond motifs is 4. The molecule has 0 saturated carbocycles. The van der Waals surface area contributed by atoms with E-state index in [9.17, 15) is 14.4 Å². The van der Waals surface area contributed by atoms with E-state index in [4.69, 9.17) is 18.9 Å². The molecule has 2 unspecified atom stereocenters. The Kier molecular flexibility index (Phi) is 11.7. The Bertz CT molecular complexity index is 2200. The van der Waals surface area contributed by atoms with Crippen molar-refractivity contribution in [2.45, 2.75) is 69.6 Å². The molecule has 2 saturated heterocycles. The van der Waals surface area contributed by atoms with Crippen molar-refractivity contribution in [3.63, 3.8) is 0 Å². The molecule has 0 bridgehead atoms. The number of nitrogens with zero attached hydrogens (tertiary/aromatic N) is 4.